The maximum Gasteiger partial charge on any atom is 0.409 e. The van der Waals surface area contributed by atoms with Crippen molar-refractivity contribution in [3.63, 3.8) is 0 Å². The van der Waals surface area contributed by atoms with Crippen LogP contribution in [0.5, 0.6) is 0 Å². The van der Waals surface area contributed by atoms with E-state index in [1.165, 1.54) is 0 Å². The zero-order valence-corrected chi connectivity index (χ0v) is 15.6. The van der Waals surface area contributed by atoms with Gasteiger partial charge in [-0.15, -0.1) is 0 Å². The number of nitrogens with one attached hydrogen (secondary N) is 2. The van der Waals surface area contributed by atoms with E-state index in [1.54, 1.807) is 11.9 Å². The molecule has 7 nitrogen and oxygen atoms in total. The number of hydrogen-bond donors (Lipinski definition) is 2. The Morgan fingerprint density at radius 3 is 2.58 bits per heavy atom. The first kappa shape index (κ1) is 20.5. The van der Waals surface area contributed by atoms with Crippen LogP contribution in [0.4, 0.5) is 4.79 Å². The Labute approximate surface area is 146 Å². The molecule has 1 aliphatic heterocycles. The molecular formula is C17H34N4O3. The highest BCUT2D eigenvalue weighted by atomic mass is 16.6. The molecule has 1 saturated heterocycles. The molecule has 0 aromatic carbocycles. The number of amides is 1. The summed E-state index contributed by atoms with van der Waals surface area (Å²) in [5, 5.41) is 6.68. The molecule has 0 radical (unpaired) electrons. The lowest BCUT2D eigenvalue weighted by Gasteiger charge is -2.32. The number of nitrogens with zero attached hydrogens (tertiary/aromatic N) is 2. The van der Waals surface area contributed by atoms with E-state index in [9.17, 15) is 4.79 Å². The predicted molar refractivity (Wildman–Crippen MR) is 96.4 cm³/mol. The van der Waals surface area contributed by atoms with E-state index in [2.05, 4.69) is 29.5 Å². The smallest absolute Gasteiger partial charge is 0.409 e. The lowest BCUT2D eigenvalue weighted by molar-refractivity contribution is 0.0962. The van der Waals surface area contributed by atoms with Crippen molar-refractivity contribution in [3.05, 3.63) is 0 Å². The molecular weight excluding hydrogens is 308 g/mol. The Morgan fingerprint density at radius 1 is 1.29 bits per heavy atom. The first-order valence-corrected chi connectivity index (χ1v) is 9.03. The molecule has 0 spiro atoms. The van der Waals surface area contributed by atoms with Gasteiger partial charge in [-0.1, -0.05) is 13.8 Å². The molecule has 140 valence electrons. The zero-order chi connectivity index (χ0) is 17.8. The van der Waals surface area contributed by atoms with Crippen molar-refractivity contribution >= 4 is 12.1 Å². The summed E-state index contributed by atoms with van der Waals surface area (Å²) < 4.78 is 10.6. The number of rotatable bonds is 8. The lowest BCUT2D eigenvalue weighted by Crippen LogP contribution is -2.50. The predicted octanol–water partition coefficient (Wildman–Crippen LogP) is 1.83. The molecule has 1 fully saturated rings. The molecule has 0 aliphatic carbocycles. The second kappa shape index (κ2) is 11.9. The number of carbonyl (C=O) groups is 1. The van der Waals surface area contributed by atoms with Crippen LogP contribution in [0.1, 0.15) is 40.0 Å². The molecule has 24 heavy (non-hydrogen) atoms. The van der Waals surface area contributed by atoms with Crippen LogP contribution < -0.4 is 10.6 Å². The largest absolute Gasteiger partial charge is 0.450 e. The summed E-state index contributed by atoms with van der Waals surface area (Å²) in [5.41, 5.74) is 0. The van der Waals surface area contributed by atoms with Crippen LogP contribution in [-0.2, 0) is 9.47 Å². The fraction of sp³-hybridized carbons (Fsp3) is 0.882. The average molecular weight is 342 g/mol. The molecule has 1 rings (SSSR count). The van der Waals surface area contributed by atoms with Crippen LogP contribution in [0.2, 0.25) is 0 Å². The Kier molecular flexibility index (Phi) is 10.2. The number of carbonyl (C=O) groups excluding carboxylic acids is 1. The molecule has 0 atom stereocenters. The Balaban J connectivity index is 2.17. The Morgan fingerprint density at radius 2 is 2.00 bits per heavy atom. The summed E-state index contributed by atoms with van der Waals surface area (Å²) in [7, 11) is 1.77. The van der Waals surface area contributed by atoms with Crippen LogP contribution >= 0.6 is 0 Å². The minimum atomic E-state index is -0.211. The molecule has 1 amide bonds. The van der Waals surface area contributed by atoms with E-state index < -0.39 is 0 Å². The monoisotopic (exact) mass is 342 g/mol. The number of guanidine groups is 1. The van der Waals surface area contributed by atoms with Crippen molar-refractivity contribution in [1.29, 1.82) is 0 Å². The van der Waals surface area contributed by atoms with E-state index in [0.717, 1.165) is 38.4 Å². The van der Waals surface area contributed by atoms with Crippen LogP contribution in [0.15, 0.2) is 4.99 Å². The van der Waals surface area contributed by atoms with Crippen LogP contribution in [0, 0.1) is 5.92 Å². The topological polar surface area (TPSA) is 75.2 Å². The molecule has 2 N–H and O–H groups in total. The summed E-state index contributed by atoms with van der Waals surface area (Å²) in [6, 6.07) is 0.323. The second-order valence-corrected chi connectivity index (χ2v) is 6.40. The Hall–Kier alpha value is -1.50. The highest BCUT2D eigenvalue weighted by Crippen LogP contribution is 2.11. The van der Waals surface area contributed by atoms with E-state index in [1.807, 2.05) is 6.92 Å². The number of piperidine rings is 1. The maximum atomic E-state index is 11.7. The van der Waals surface area contributed by atoms with Crippen LogP contribution in [0.25, 0.3) is 0 Å². The number of hydrogen-bond acceptors (Lipinski definition) is 4. The molecule has 0 aromatic heterocycles. The van der Waals surface area contributed by atoms with Crippen molar-refractivity contribution in [3.8, 4) is 0 Å². The highest BCUT2D eigenvalue weighted by molar-refractivity contribution is 5.80. The van der Waals surface area contributed by atoms with Gasteiger partial charge in [0.2, 0.25) is 0 Å². The van der Waals surface area contributed by atoms with Gasteiger partial charge >= 0.3 is 6.09 Å². The SMILES string of the molecule is CCOC(=O)N1CCC(NC(=NC)NCCOCCC(C)C)CC1. The van der Waals surface area contributed by atoms with Gasteiger partial charge in [0.25, 0.3) is 0 Å². The molecule has 7 heteroatoms. The number of likely N-dealkylation sites (tertiary alicyclic amines) is 1. The minimum Gasteiger partial charge on any atom is -0.450 e. The summed E-state index contributed by atoms with van der Waals surface area (Å²) >= 11 is 0. The first-order valence-electron chi connectivity index (χ1n) is 9.03. The van der Waals surface area contributed by atoms with Gasteiger partial charge in [-0.3, -0.25) is 4.99 Å². The summed E-state index contributed by atoms with van der Waals surface area (Å²) in [6.45, 7) is 10.3. The van der Waals surface area contributed by atoms with Gasteiger partial charge in [0.05, 0.1) is 13.2 Å². The summed E-state index contributed by atoms with van der Waals surface area (Å²) in [5.74, 6) is 1.46. The average Bonchev–Trinajstić information content (AvgIpc) is 2.57. The zero-order valence-electron chi connectivity index (χ0n) is 15.6. The maximum absolute atomic E-state index is 11.7. The van der Waals surface area contributed by atoms with Gasteiger partial charge < -0.3 is 25.0 Å². The second-order valence-electron chi connectivity index (χ2n) is 6.40. The van der Waals surface area contributed by atoms with Gasteiger partial charge in [-0.25, -0.2) is 4.79 Å². The van der Waals surface area contributed by atoms with E-state index in [4.69, 9.17) is 9.47 Å². The normalized spacial score (nSPS) is 16.4. The summed E-state index contributed by atoms with van der Waals surface area (Å²) in [4.78, 5) is 17.7. The Bertz CT molecular complexity index is 380. The standard InChI is InChI=1S/C17H34N4O3/c1-5-24-17(22)21-10-6-15(7-11-21)20-16(18-4)19-9-13-23-12-8-14(2)3/h14-15H,5-13H2,1-4H3,(H2,18,19,20). The van der Waals surface area contributed by atoms with E-state index in [-0.39, 0.29) is 6.09 Å². The number of aliphatic imine (C=N–C) groups is 1. The lowest BCUT2D eigenvalue weighted by atomic mass is 10.1. The van der Waals surface area contributed by atoms with Gasteiger partial charge in [0, 0.05) is 39.3 Å². The van der Waals surface area contributed by atoms with Crippen molar-refractivity contribution in [2.24, 2.45) is 10.9 Å². The van der Waals surface area contributed by atoms with Gasteiger partial charge in [-0.2, -0.15) is 0 Å². The van der Waals surface area contributed by atoms with Gasteiger partial charge in [0.15, 0.2) is 5.96 Å². The third-order valence-electron chi connectivity index (χ3n) is 3.96. The minimum absolute atomic E-state index is 0.211. The van der Waals surface area contributed by atoms with E-state index >= 15 is 0 Å². The molecule has 1 heterocycles. The van der Waals surface area contributed by atoms with Crippen molar-refractivity contribution < 1.29 is 14.3 Å². The van der Waals surface area contributed by atoms with Gasteiger partial charge in [-0.05, 0) is 32.1 Å². The summed E-state index contributed by atoms with van der Waals surface area (Å²) in [6.07, 6.45) is 2.66. The quantitative estimate of drug-likeness (QED) is 0.400. The van der Waals surface area contributed by atoms with Crippen LogP contribution in [0.3, 0.4) is 0 Å². The fourth-order valence-corrected chi connectivity index (χ4v) is 2.47. The molecule has 1 aliphatic rings. The third-order valence-corrected chi connectivity index (χ3v) is 3.96. The first-order chi connectivity index (χ1) is 11.6. The number of ether oxygens (including phenoxy) is 2. The fourth-order valence-electron chi connectivity index (χ4n) is 2.47. The van der Waals surface area contributed by atoms with E-state index in [0.29, 0.717) is 38.3 Å². The molecule has 0 saturated carbocycles. The third kappa shape index (κ3) is 8.38. The van der Waals surface area contributed by atoms with Crippen LogP contribution in [-0.4, -0.2) is 69.5 Å². The van der Waals surface area contributed by atoms with Gasteiger partial charge in [0.1, 0.15) is 0 Å². The van der Waals surface area contributed by atoms with Crippen molar-refractivity contribution in [2.75, 3.05) is 46.5 Å². The molecule has 0 unspecified atom stereocenters. The molecule has 0 bridgehead atoms. The van der Waals surface area contributed by atoms with Crippen molar-refractivity contribution in [2.45, 2.75) is 46.1 Å². The van der Waals surface area contributed by atoms with Crippen molar-refractivity contribution in [1.82, 2.24) is 15.5 Å². The highest BCUT2D eigenvalue weighted by Gasteiger charge is 2.23. The molecule has 0 aromatic rings.